The van der Waals surface area contributed by atoms with E-state index in [0.29, 0.717) is 17.2 Å². The Kier molecular flexibility index (Phi) is 4.02. The van der Waals surface area contributed by atoms with Crippen molar-refractivity contribution in [1.82, 2.24) is 9.97 Å². The zero-order chi connectivity index (χ0) is 13.7. The maximum Gasteiger partial charge on any atom is 0.275 e. The van der Waals surface area contributed by atoms with Crippen molar-refractivity contribution in [3.8, 4) is 11.4 Å². The fourth-order valence-electron chi connectivity index (χ4n) is 1.61. The Morgan fingerprint density at radius 2 is 2.16 bits per heavy atom. The minimum absolute atomic E-state index is 0.00857. The van der Waals surface area contributed by atoms with Crippen LogP contribution in [0, 0.1) is 10.1 Å². The number of rotatable bonds is 5. The van der Waals surface area contributed by atoms with Crippen LogP contribution in [0.4, 0.5) is 11.5 Å². The molecule has 0 bridgehead atoms. The van der Waals surface area contributed by atoms with E-state index in [-0.39, 0.29) is 5.69 Å². The molecule has 0 amide bonds. The quantitative estimate of drug-likeness (QED) is 0.658. The predicted octanol–water partition coefficient (Wildman–Crippen LogP) is 2.87. The molecule has 0 aliphatic rings. The number of pyridine rings is 2. The lowest BCUT2D eigenvalue weighted by Crippen LogP contribution is -2.04. The van der Waals surface area contributed by atoms with E-state index in [0.717, 1.165) is 13.0 Å². The summed E-state index contributed by atoms with van der Waals surface area (Å²) in [5.74, 6) is 0.497. The van der Waals surface area contributed by atoms with Gasteiger partial charge in [0.2, 0.25) is 0 Å². The first-order valence-electron chi connectivity index (χ1n) is 6.02. The van der Waals surface area contributed by atoms with Crippen molar-refractivity contribution in [2.75, 3.05) is 11.9 Å². The van der Waals surface area contributed by atoms with Crippen molar-refractivity contribution >= 4 is 11.5 Å². The van der Waals surface area contributed by atoms with Crippen LogP contribution in [-0.4, -0.2) is 21.4 Å². The smallest absolute Gasteiger partial charge is 0.275 e. The van der Waals surface area contributed by atoms with Gasteiger partial charge in [0.15, 0.2) is 0 Å². The van der Waals surface area contributed by atoms with Crippen LogP contribution in [0.2, 0.25) is 0 Å². The molecule has 0 aliphatic heterocycles. The molecule has 2 rings (SSSR count). The standard InChI is InChI=1S/C13H14N4O2/c1-2-6-15-13-9-10(17(18)19)8-12(16-13)11-5-3-4-7-14-11/h3-5,7-9H,2,6H2,1H3,(H,15,16). The number of aromatic nitrogens is 2. The monoisotopic (exact) mass is 258 g/mol. The molecule has 1 N–H and O–H groups in total. The molecule has 98 valence electrons. The second-order valence-electron chi connectivity index (χ2n) is 3.99. The zero-order valence-electron chi connectivity index (χ0n) is 10.5. The molecule has 19 heavy (non-hydrogen) atoms. The summed E-state index contributed by atoms with van der Waals surface area (Å²) in [6.45, 7) is 2.74. The van der Waals surface area contributed by atoms with Gasteiger partial charge in [0.1, 0.15) is 5.82 Å². The Hall–Kier alpha value is -2.50. The fraction of sp³-hybridized carbons (Fsp3) is 0.231. The van der Waals surface area contributed by atoms with Crippen LogP contribution in [0.25, 0.3) is 11.4 Å². The Labute approximate surface area is 110 Å². The van der Waals surface area contributed by atoms with Crippen LogP contribution >= 0.6 is 0 Å². The van der Waals surface area contributed by atoms with E-state index in [9.17, 15) is 10.1 Å². The summed E-state index contributed by atoms with van der Waals surface area (Å²) in [5, 5.41) is 14.0. The molecule has 0 fully saturated rings. The van der Waals surface area contributed by atoms with E-state index in [1.807, 2.05) is 13.0 Å². The molecule has 6 heteroatoms. The van der Waals surface area contributed by atoms with Gasteiger partial charge in [0.25, 0.3) is 5.69 Å². The van der Waals surface area contributed by atoms with Gasteiger partial charge in [-0.05, 0) is 18.6 Å². The topological polar surface area (TPSA) is 81.0 Å². The van der Waals surface area contributed by atoms with Gasteiger partial charge in [0.05, 0.1) is 22.4 Å². The van der Waals surface area contributed by atoms with Crippen LogP contribution < -0.4 is 5.32 Å². The molecule has 6 nitrogen and oxygen atoms in total. The van der Waals surface area contributed by atoms with Gasteiger partial charge in [-0.1, -0.05) is 13.0 Å². The van der Waals surface area contributed by atoms with Gasteiger partial charge in [-0.25, -0.2) is 4.98 Å². The number of nitrogens with one attached hydrogen (secondary N) is 1. The second kappa shape index (κ2) is 5.90. The Balaban J connectivity index is 2.42. The summed E-state index contributed by atoms with van der Waals surface area (Å²) < 4.78 is 0. The number of hydrogen-bond donors (Lipinski definition) is 1. The van der Waals surface area contributed by atoms with Crippen LogP contribution in [0.1, 0.15) is 13.3 Å². The van der Waals surface area contributed by atoms with Crippen molar-refractivity contribution in [3.63, 3.8) is 0 Å². The van der Waals surface area contributed by atoms with Gasteiger partial charge >= 0.3 is 0 Å². The van der Waals surface area contributed by atoms with E-state index in [4.69, 9.17) is 0 Å². The van der Waals surface area contributed by atoms with Crippen LogP contribution in [0.5, 0.6) is 0 Å². The molecule has 0 saturated heterocycles. The molecule has 0 aromatic carbocycles. The zero-order valence-corrected chi connectivity index (χ0v) is 10.5. The maximum absolute atomic E-state index is 10.9. The first kappa shape index (κ1) is 12.9. The lowest BCUT2D eigenvalue weighted by Gasteiger charge is -2.06. The number of nitro groups is 1. The van der Waals surface area contributed by atoms with Crippen molar-refractivity contribution in [3.05, 3.63) is 46.6 Å². The molecule has 2 heterocycles. The summed E-state index contributed by atoms with van der Waals surface area (Å²) in [6, 6.07) is 8.25. The summed E-state index contributed by atoms with van der Waals surface area (Å²) in [7, 11) is 0. The lowest BCUT2D eigenvalue weighted by atomic mass is 10.2. The van der Waals surface area contributed by atoms with E-state index in [1.165, 1.54) is 12.1 Å². The predicted molar refractivity (Wildman–Crippen MR) is 72.9 cm³/mol. The molecule has 2 aromatic heterocycles. The fourth-order valence-corrected chi connectivity index (χ4v) is 1.61. The second-order valence-corrected chi connectivity index (χ2v) is 3.99. The molecular formula is C13H14N4O2. The van der Waals surface area contributed by atoms with Crippen LogP contribution in [0.3, 0.4) is 0 Å². The average molecular weight is 258 g/mol. The summed E-state index contributed by atoms with van der Waals surface area (Å²) >= 11 is 0. The normalized spacial score (nSPS) is 10.2. The largest absolute Gasteiger partial charge is 0.370 e. The Morgan fingerprint density at radius 3 is 2.79 bits per heavy atom. The highest BCUT2D eigenvalue weighted by atomic mass is 16.6. The first-order chi connectivity index (χ1) is 9.20. The third-order valence-corrected chi connectivity index (χ3v) is 2.50. The molecule has 2 aromatic rings. The lowest BCUT2D eigenvalue weighted by molar-refractivity contribution is -0.384. The minimum Gasteiger partial charge on any atom is -0.370 e. The first-order valence-corrected chi connectivity index (χ1v) is 6.02. The van der Waals surface area contributed by atoms with Crippen molar-refractivity contribution < 1.29 is 4.92 Å². The highest BCUT2D eigenvalue weighted by Crippen LogP contribution is 2.23. The Morgan fingerprint density at radius 1 is 1.32 bits per heavy atom. The van der Waals surface area contributed by atoms with Gasteiger partial charge in [0, 0.05) is 18.8 Å². The van der Waals surface area contributed by atoms with Crippen LogP contribution in [-0.2, 0) is 0 Å². The molecule has 0 spiro atoms. The van der Waals surface area contributed by atoms with Crippen molar-refractivity contribution in [2.45, 2.75) is 13.3 Å². The maximum atomic E-state index is 10.9. The average Bonchev–Trinajstić information content (AvgIpc) is 2.45. The van der Waals surface area contributed by atoms with Crippen molar-refractivity contribution in [2.24, 2.45) is 0 Å². The molecular weight excluding hydrogens is 244 g/mol. The van der Waals surface area contributed by atoms with Crippen molar-refractivity contribution in [1.29, 1.82) is 0 Å². The molecule has 0 atom stereocenters. The van der Waals surface area contributed by atoms with Gasteiger partial charge in [-0.2, -0.15) is 0 Å². The van der Waals surface area contributed by atoms with E-state index >= 15 is 0 Å². The van der Waals surface area contributed by atoms with Crippen LogP contribution in [0.15, 0.2) is 36.5 Å². The molecule has 0 saturated carbocycles. The Bertz CT molecular complexity index is 572. The van der Waals surface area contributed by atoms with E-state index in [2.05, 4.69) is 15.3 Å². The molecule has 0 unspecified atom stereocenters. The number of hydrogen-bond acceptors (Lipinski definition) is 5. The van der Waals surface area contributed by atoms with Gasteiger partial charge < -0.3 is 5.32 Å². The summed E-state index contributed by atoms with van der Waals surface area (Å²) in [4.78, 5) is 19.0. The third kappa shape index (κ3) is 3.25. The van der Waals surface area contributed by atoms with E-state index < -0.39 is 4.92 Å². The highest BCUT2D eigenvalue weighted by molar-refractivity contribution is 5.62. The SMILES string of the molecule is CCCNc1cc([N+](=O)[O-])cc(-c2ccccn2)n1. The van der Waals surface area contributed by atoms with Gasteiger partial charge in [-0.3, -0.25) is 15.1 Å². The van der Waals surface area contributed by atoms with E-state index in [1.54, 1.807) is 18.3 Å². The third-order valence-electron chi connectivity index (χ3n) is 2.50. The molecule has 0 aliphatic carbocycles. The van der Waals surface area contributed by atoms with Gasteiger partial charge in [-0.15, -0.1) is 0 Å². The number of anilines is 1. The summed E-state index contributed by atoms with van der Waals surface area (Å²) in [5.41, 5.74) is 1.12. The number of nitrogens with zero attached hydrogens (tertiary/aromatic N) is 3. The highest BCUT2D eigenvalue weighted by Gasteiger charge is 2.12. The molecule has 0 radical (unpaired) electrons. The summed E-state index contributed by atoms with van der Waals surface area (Å²) in [6.07, 6.45) is 2.55. The minimum atomic E-state index is -0.425.